The lowest BCUT2D eigenvalue weighted by Crippen LogP contribution is -2.38. The van der Waals surface area contributed by atoms with E-state index in [0.29, 0.717) is 12.0 Å². The molecule has 15 heavy (non-hydrogen) atoms. The highest BCUT2D eigenvalue weighted by molar-refractivity contribution is 4.93. The van der Waals surface area contributed by atoms with E-state index in [0.717, 1.165) is 12.8 Å². The van der Waals surface area contributed by atoms with Crippen molar-refractivity contribution in [2.24, 2.45) is 5.92 Å². The van der Waals surface area contributed by atoms with Crippen molar-refractivity contribution in [2.75, 3.05) is 7.11 Å². The highest BCUT2D eigenvalue weighted by Crippen LogP contribution is 2.29. The van der Waals surface area contributed by atoms with Gasteiger partial charge in [-0.15, -0.1) is 0 Å². The molecule has 0 aromatic rings. The molecule has 0 spiro atoms. The summed E-state index contributed by atoms with van der Waals surface area (Å²) in [7, 11) is 1.79. The van der Waals surface area contributed by atoms with Gasteiger partial charge in [0, 0.05) is 7.11 Å². The van der Waals surface area contributed by atoms with Crippen LogP contribution in [-0.2, 0) is 9.47 Å². The van der Waals surface area contributed by atoms with E-state index in [4.69, 9.17) is 9.47 Å². The van der Waals surface area contributed by atoms with Gasteiger partial charge in [-0.25, -0.2) is 0 Å². The van der Waals surface area contributed by atoms with Crippen LogP contribution in [0.3, 0.4) is 0 Å². The van der Waals surface area contributed by atoms with Gasteiger partial charge in [-0.2, -0.15) is 0 Å². The van der Waals surface area contributed by atoms with Gasteiger partial charge in [-0.1, -0.05) is 12.2 Å². The lowest BCUT2D eigenvalue weighted by Gasteiger charge is -2.35. The number of ether oxygens (including phenoxy) is 2. The van der Waals surface area contributed by atoms with Crippen LogP contribution in [0.5, 0.6) is 0 Å². The Balaban J connectivity index is 2.48. The summed E-state index contributed by atoms with van der Waals surface area (Å²) in [5.41, 5.74) is 0. The summed E-state index contributed by atoms with van der Waals surface area (Å²) >= 11 is 0. The lowest BCUT2D eigenvalue weighted by atomic mass is 9.85. The van der Waals surface area contributed by atoms with Crippen molar-refractivity contribution in [3.63, 3.8) is 0 Å². The molecule has 0 saturated heterocycles. The fourth-order valence-corrected chi connectivity index (χ4v) is 2.33. The van der Waals surface area contributed by atoms with E-state index in [1.807, 2.05) is 0 Å². The summed E-state index contributed by atoms with van der Waals surface area (Å²) in [5.74, 6) is 0.673. The minimum absolute atomic E-state index is 0.266. The first-order valence-electron chi connectivity index (χ1n) is 5.98. The third-order valence-electron chi connectivity index (χ3n) is 2.99. The highest BCUT2D eigenvalue weighted by atomic mass is 16.5. The summed E-state index contributed by atoms with van der Waals surface area (Å²) in [4.78, 5) is 0. The van der Waals surface area contributed by atoms with Crippen LogP contribution in [0.4, 0.5) is 0 Å². The molecule has 1 aliphatic carbocycles. The van der Waals surface area contributed by atoms with Crippen molar-refractivity contribution in [1.82, 2.24) is 0 Å². The predicted molar refractivity (Wildman–Crippen MR) is 63.0 cm³/mol. The molecule has 0 radical (unpaired) electrons. The molecule has 0 aromatic heterocycles. The molecule has 2 nitrogen and oxygen atoms in total. The Kier molecular flexibility index (Phi) is 5.34. The van der Waals surface area contributed by atoms with Crippen molar-refractivity contribution in [2.45, 2.75) is 58.3 Å². The number of hydrogen-bond acceptors (Lipinski definition) is 2. The standard InChI is InChI=1S/C13H24O2/c1-5-6-11-7-8-12(15-10(2)3)13(9-11)14-4/h5-6,10-13H,7-9H2,1-4H3/b6-5+. The highest BCUT2D eigenvalue weighted by Gasteiger charge is 2.30. The van der Waals surface area contributed by atoms with Gasteiger partial charge < -0.3 is 9.47 Å². The van der Waals surface area contributed by atoms with Crippen molar-refractivity contribution in [3.8, 4) is 0 Å². The number of methoxy groups -OCH3 is 1. The third kappa shape index (κ3) is 3.96. The summed E-state index contributed by atoms with van der Waals surface area (Å²) in [5, 5.41) is 0. The Bertz CT molecular complexity index is 199. The van der Waals surface area contributed by atoms with E-state index in [1.165, 1.54) is 6.42 Å². The quantitative estimate of drug-likeness (QED) is 0.666. The number of rotatable bonds is 4. The Labute approximate surface area is 93.7 Å². The summed E-state index contributed by atoms with van der Waals surface area (Å²) < 4.78 is 11.4. The first kappa shape index (κ1) is 12.7. The van der Waals surface area contributed by atoms with Crippen LogP contribution in [-0.4, -0.2) is 25.4 Å². The molecule has 0 amide bonds. The zero-order valence-corrected chi connectivity index (χ0v) is 10.4. The first-order chi connectivity index (χ1) is 7.17. The van der Waals surface area contributed by atoms with Gasteiger partial charge in [0.15, 0.2) is 0 Å². The van der Waals surface area contributed by atoms with Crippen LogP contribution in [0.25, 0.3) is 0 Å². The molecule has 3 unspecified atom stereocenters. The van der Waals surface area contributed by atoms with Crippen LogP contribution >= 0.6 is 0 Å². The van der Waals surface area contributed by atoms with Crippen LogP contribution in [0.15, 0.2) is 12.2 Å². The van der Waals surface area contributed by atoms with E-state index >= 15 is 0 Å². The molecule has 0 aromatic carbocycles. The molecule has 3 atom stereocenters. The molecular formula is C13H24O2. The molecule has 88 valence electrons. The molecule has 0 heterocycles. The van der Waals surface area contributed by atoms with E-state index in [9.17, 15) is 0 Å². The molecule has 1 aliphatic rings. The van der Waals surface area contributed by atoms with E-state index in [-0.39, 0.29) is 12.2 Å². The second kappa shape index (κ2) is 6.29. The van der Waals surface area contributed by atoms with Crippen LogP contribution < -0.4 is 0 Å². The van der Waals surface area contributed by atoms with Gasteiger partial charge in [0.25, 0.3) is 0 Å². The maximum absolute atomic E-state index is 5.87. The maximum Gasteiger partial charge on any atom is 0.0840 e. The second-order valence-electron chi connectivity index (χ2n) is 4.60. The topological polar surface area (TPSA) is 18.5 Å². The summed E-state index contributed by atoms with van der Waals surface area (Å²) in [6.45, 7) is 6.26. The van der Waals surface area contributed by atoms with Crippen molar-refractivity contribution in [3.05, 3.63) is 12.2 Å². The average molecular weight is 212 g/mol. The van der Waals surface area contributed by atoms with Gasteiger partial charge in [-0.05, 0) is 46.0 Å². The fourth-order valence-electron chi connectivity index (χ4n) is 2.33. The zero-order chi connectivity index (χ0) is 11.3. The van der Waals surface area contributed by atoms with E-state index < -0.39 is 0 Å². The van der Waals surface area contributed by atoms with Gasteiger partial charge in [0.1, 0.15) is 0 Å². The smallest absolute Gasteiger partial charge is 0.0840 e. The van der Waals surface area contributed by atoms with Gasteiger partial charge in [0.2, 0.25) is 0 Å². The van der Waals surface area contributed by atoms with Gasteiger partial charge in [-0.3, -0.25) is 0 Å². The number of hydrogen-bond donors (Lipinski definition) is 0. The molecule has 1 saturated carbocycles. The number of allylic oxidation sites excluding steroid dienone is 2. The van der Waals surface area contributed by atoms with Crippen molar-refractivity contribution < 1.29 is 9.47 Å². The van der Waals surface area contributed by atoms with E-state index in [1.54, 1.807) is 7.11 Å². The maximum atomic E-state index is 5.87. The molecule has 0 bridgehead atoms. The monoisotopic (exact) mass is 212 g/mol. The summed E-state index contributed by atoms with van der Waals surface area (Å²) in [6.07, 6.45) is 8.72. The molecule has 1 fully saturated rings. The average Bonchev–Trinajstić information content (AvgIpc) is 2.20. The third-order valence-corrected chi connectivity index (χ3v) is 2.99. The Morgan fingerprint density at radius 1 is 1.20 bits per heavy atom. The van der Waals surface area contributed by atoms with Gasteiger partial charge in [0.05, 0.1) is 18.3 Å². The Hall–Kier alpha value is -0.340. The summed E-state index contributed by atoms with van der Waals surface area (Å²) in [6, 6.07) is 0. The second-order valence-corrected chi connectivity index (χ2v) is 4.60. The predicted octanol–water partition coefficient (Wildman–Crippen LogP) is 3.17. The van der Waals surface area contributed by atoms with E-state index in [2.05, 4.69) is 32.9 Å². The SMILES string of the molecule is C/C=C/C1CCC(OC(C)C)C(OC)C1. The molecule has 0 N–H and O–H groups in total. The molecular weight excluding hydrogens is 188 g/mol. The van der Waals surface area contributed by atoms with Gasteiger partial charge >= 0.3 is 0 Å². The van der Waals surface area contributed by atoms with Crippen molar-refractivity contribution >= 4 is 0 Å². The van der Waals surface area contributed by atoms with Crippen LogP contribution in [0.2, 0.25) is 0 Å². The molecule has 2 heteroatoms. The molecule has 0 aliphatic heterocycles. The van der Waals surface area contributed by atoms with Crippen LogP contribution in [0, 0.1) is 5.92 Å². The lowest BCUT2D eigenvalue weighted by molar-refractivity contribution is -0.103. The normalized spacial score (nSPS) is 32.7. The first-order valence-corrected chi connectivity index (χ1v) is 5.98. The van der Waals surface area contributed by atoms with Crippen LogP contribution in [0.1, 0.15) is 40.0 Å². The molecule has 1 rings (SSSR count). The van der Waals surface area contributed by atoms with Crippen molar-refractivity contribution in [1.29, 1.82) is 0 Å². The largest absolute Gasteiger partial charge is 0.379 e. The minimum Gasteiger partial charge on any atom is -0.379 e. The Morgan fingerprint density at radius 3 is 2.47 bits per heavy atom. The Morgan fingerprint density at radius 2 is 1.93 bits per heavy atom. The fraction of sp³-hybridized carbons (Fsp3) is 0.846. The zero-order valence-electron chi connectivity index (χ0n) is 10.4. The minimum atomic E-state index is 0.266.